The summed E-state index contributed by atoms with van der Waals surface area (Å²) >= 11 is 0. The Labute approximate surface area is 148 Å². The summed E-state index contributed by atoms with van der Waals surface area (Å²) in [4.78, 5) is 0. The normalized spacial score (nSPS) is 0. The van der Waals surface area contributed by atoms with E-state index in [1.54, 1.807) is 0 Å². The Kier molecular flexibility index (Phi) is 584. The van der Waals surface area contributed by atoms with E-state index in [0.29, 0.717) is 0 Å². The van der Waals surface area contributed by atoms with Gasteiger partial charge in [-0.15, -0.1) is 0 Å². The summed E-state index contributed by atoms with van der Waals surface area (Å²) in [5.74, 6) is 0. The molecule has 0 aromatic rings. The van der Waals surface area contributed by atoms with Gasteiger partial charge in [0.25, 0.3) is 0 Å². The number of hydrogen-bond donors (Lipinski definition) is 0. The van der Waals surface area contributed by atoms with E-state index in [1.807, 2.05) is 0 Å². The molecule has 8 heavy (non-hydrogen) atoms. The SMILES string of the molecule is [AlH3].[Co].[Cr].[Fe].[Ni].[Ti].[V].[Zr]. The maximum absolute atomic E-state index is 0. The van der Waals surface area contributed by atoms with Crippen LogP contribution in [0.1, 0.15) is 0 Å². The van der Waals surface area contributed by atoms with Crippen LogP contribution in [0.4, 0.5) is 0 Å². The molecule has 0 aliphatic carbocycles. The molecule has 0 atom stereocenters. The first kappa shape index (κ1) is 77.8. The van der Waals surface area contributed by atoms with E-state index in [9.17, 15) is 0 Å². The van der Waals surface area contributed by atoms with Gasteiger partial charge < -0.3 is 0 Å². The molecule has 2 radical (unpaired) electrons. The van der Waals surface area contributed by atoms with Crippen molar-refractivity contribution in [3.8, 4) is 0 Å². The van der Waals surface area contributed by atoms with Crippen LogP contribution >= 0.6 is 0 Å². The summed E-state index contributed by atoms with van der Waals surface area (Å²) in [5.41, 5.74) is 0. The Bertz CT molecular complexity index is 24.0. The quantitative estimate of drug-likeness (QED) is 0.411. The van der Waals surface area contributed by atoms with Gasteiger partial charge in [0, 0.05) is 134 Å². The van der Waals surface area contributed by atoms with Gasteiger partial charge in [-0.2, -0.15) is 0 Å². The molecule has 0 saturated carbocycles. The average molecular weight is 446 g/mol. The molecule has 0 aromatic heterocycles. The largest absolute Gasteiger partial charge is 0.187 e. The van der Waals surface area contributed by atoms with E-state index in [4.69, 9.17) is 0 Å². The topological polar surface area (TPSA) is 0 Å². The molecule has 0 N–H and O–H groups in total. The Morgan fingerprint density at radius 2 is 1.00 bits per heavy atom. The monoisotopic (exact) mass is 444 g/mol. The summed E-state index contributed by atoms with van der Waals surface area (Å²) in [6, 6.07) is 0. The molecule has 0 fully saturated rings. The third-order valence-corrected chi connectivity index (χ3v) is 0. The first-order valence-corrected chi connectivity index (χ1v) is 0. The van der Waals surface area contributed by atoms with Crippen LogP contribution in [0.3, 0.4) is 0 Å². The first-order chi connectivity index (χ1) is 0. The molecule has 0 nitrogen and oxygen atoms in total. The molecule has 0 aliphatic heterocycles. The Hall–Kier alpha value is 4.77. The van der Waals surface area contributed by atoms with Gasteiger partial charge >= 0.3 is 0 Å². The second-order valence-electron chi connectivity index (χ2n) is 0. The molecule has 52 valence electrons. The van der Waals surface area contributed by atoms with E-state index in [-0.39, 0.29) is 152 Å². The second kappa shape index (κ2) is 60.0. The molecule has 0 saturated heterocycles. The number of rotatable bonds is 0. The van der Waals surface area contributed by atoms with Gasteiger partial charge in [-0.05, 0) is 0 Å². The maximum atomic E-state index is 0. The van der Waals surface area contributed by atoms with Crippen LogP contribution in [0.15, 0.2) is 0 Å². The van der Waals surface area contributed by atoms with Gasteiger partial charge in [-0.25, -0.2) is 0 Å². The van der Waals surface area contributed by atoms with Crippen molar-refractivity contribution in [3.63, 3.8) is 0 Å². The van der Waals surface area contributed by atoms with Crippen LogP contribution in [-0.4, -0.2) is 17.4 Å². The van der Waals surface area contributed by atoms with Gasteiger partial charge in [-0.3, -0.25) is 0 Å². The van der Waals surface area contributed by atoms with E-state index < -0.39 is 0 Å². The van der Waals surface area contributed by atoms with Crippen LogP contribution in [0.25, 0.3) is 0 Å². The zero-order valence-electron chi connectivity index (χ0n) is 2.86. The van der Waals surface area contributed by atoms with E-state index in [2.05, 4.69) is 0 Å². The van der Waals surface area contributed by atoms with Crippen LogP contribution in [0.5, 0.6) is 0 Å². The summed E-state index contributed by atoms with van der Waals surface area (Å²) in [6.45, 7) is 0. The first-order valence-electron chi connectivity index (χ1n) is 0. The molecule has 0 spiro atoms. The minimum atomic E-state index is 0. The smallest absolute Gasteiger partial charge is 0 e. The maximum Gasteiger partial charge on any atom is 0.187 e. The van der Waals surface area contributed by atoms with Crippen molar-refractivity contribution >= 4 is 17.4 Å². The molecule has 0 amide bonds. The van der Waals surface area contributed by atoms with Crippen molar-refractivity contribution < 1.29 is 134 Å². The third kappa shape index (κ3) is 45.2. The van der Waals surface area contributed by atoms with E-state index >= 15 is 0 Å². The molecule has 0 aliphatic rings. The molecular formula is H3AlCoCrFeNiTiVZr. The Balaban J connectivity index is 0. The average Bonchev–Trinajstić information content (AvgIpc) is 0. The van der Waals surface area contributed by atoms with Gasteiger partial charge in [0.15, 0.2) is 17.4 Å². The van der Waals surface area contributed by atoms with Crippen molar-refractivity contribution in [1.82, 2.24) is 0 Å². The molecule has 0 bridgehead atoms. The fourth-order valence-corrected chi connectivity index (χ4v) is 0. The zero-order valence-corrected chi connectivity index (χ0v) is 12.7. The summed E-state index contributed by atoms with van der Waals surface area (Å²) < 4.78 is 0. The standard InChI is InChI=1S/Al.Co.Cr.Fe.Ni.Ti.V.Zr.3H. The molecule has 0 rings (SSSR count). The summed E-state index contributed by atoms with van der Waals surface area (Å²) in [5, 5.41) is 0. The van der Waals surface area contributed by atoms with E-state index in [1.165, 1.54) is 0 Å². The fraction of sp³-hybridized carbons (Fsp3) is 0. The summed E-state index contributed by atoms with van der Waals surface area (Å²) in [7, 11) is 0. The Morgan fingerprint density at radius 3 is 1.00 bits per heavy atom. The minimum Gasteiger partial charge on any atom is 0 e. The van der Waals surface area contributed by atoms with Crippen molar-refractivity contribution in [1.29, 1.82) is 0 Å². The van der Waals surface area contributed by atoms with Crippen LogP contribution in [0.2, 0.25) is 0 Å². The van der Waals surface area contributed by atoms with Crippen molar-refractivity contribution in [3.05, 3.63) is 0 Å². The van der Waals surface area contributed by atoms with Crippen molar-refractivity contribution in [2.24, 2.45) is 0 Å². The fourth-order valence-electron chi connectivity index (χ4n) is 0. The zero-order chi connectivity index (χ0) is 0. The molecule has 8 heteroatoms. The third-order valence-electron chi connectivity index (χ3n) is 0. The minimum absolute atomic E-state index is 0. The van der Waals surface area contributed by atoms with Crippen molar-refractivity contribution in [2.45, 2.75) is 0 Å². The second-order valence-corrected chi connectivity index (χ2v) is 0. The Morgan fingerprint density at radius 1 is 1.00 bits per heavy atom. The van der Waals surface area contributed by atoms with E-state index in [0.717, 1.165) is 0 Å². The van der Waals surface area contributed by atoms with Crippen molar-refractivity contribution in [2.75, 3.05) is 0 Å². The summed E-state index contributed by atoms with van der Waals surface area (Å²) in [6.07, 6.45) is 0. The van der Waals surface area contributed by atoms with Crippen LogP contribution < -0.4 is 0 Å². The molecule has 0 heterocycles. The van der Waals surface area contributed by atoms with Gasteiger partial charge in [0.1, 0.15) is 0 Å². The molecule has 0 aromatic carbocycles. The molecular weight excluding hydrogens is 442 g/mol. The predicted octanol–water partition coefficient (Wildman–Crippen LogP) is -1.20. The van der Waals surface area contributed by atoms with Gasteiger partial charge in [0.2, 0.25) is 0 Å². The van der Waals surface area contributed by atoms with Crippen LogP contribution in [0, 0.1) is 0 Å². The van der Waals surface area contributed by atoms with Gasteiger partial charge in [-0.1, -0.05) is 0 Å². The van der Waals surface area contributed by atoms with Crippen LogP contribution in [-0.2, 0) is 134 Å². The molecule has 0 unspecified atom stereocenters. The van der Waals surface area contributed by atoms with Gasteiger partial charge in [0.05, 0.1) is 0 Å². The number of hydrogen-bond acceptors (Lipinski definition) is 0. The predicted molar refractivity (Wildman–Crippen MR) is 9.94 cm³/mol.